The van der Waals surface area contributed by atoms with Crippen LogP contribution in [0.1, 0.15) is 55.6 Å². The predicted octanol–water partition coefficient (Wildman–Crippen LogP) is 3.25. The molecule has 172 valence electrons. The van der Waals surface area contributed by atoms with E-state index < -0.39 is 9.84 Å². The fraction of sp³-hybridized carbons (Fsp3) is 0.478. The molecule has 1 aliphatic rings. The van der Waals surface area contributed by atoms with Gasteiger partial charge < -0.3 is 10.2 Å². The number of aromatic nitrogens is 2. The summed E-state index contributed by atoms with van der Waals surface area (Å²) < 4.78 is 24.2. The molecular weight excluding hydrogens is 428 g/mol. The SMILES string of the molecule is CCCN(CC1CC1)c1cc(C(=O)Nc2ccc(CS(=O)(=O)CCC(C)=O)cc2)ncn1. The highest BCUT2D eigenvalue weighted by Gasteiger charge is 2.25. The molecule has 8 nitrogen and oxygen atoms in total. The number of nitrogens with one attached hydrogen (secondary N) is 1. The second kappa shape index (κ2) is 10.7. The second-order valence-corrected chi connectivity index (χ2v) is 10.5. The number of carbonyl (C=O) groups excluding carboxylic acids is 2. The number of rotatable bonds is 12. The van der Waals surface area contributed by atoms with Crippen LogP contribution in [0.3, 0.4) is 0 Å². The van der Waals surface area contributed by atoms with Crippen LogP contribution in [0.4, 0.5) is 11.5 Å². The summed E-state index contributed by atoms with van der Waals surface area (Å²) in [7, 11) is -3.36. The minimum atomic E-state index is -3.36. The van der Waals surface area contributed by atoms with Crippen molar-refractivity contribution in [2.75, 3.05) is 29.1 Å². The van der Waals surface area contributed by atoms with Crippen molar-refractivity contribution in [3.05, 3.63) is 47.9 Å². The van der Waals surface area contributed by atoms with E-state index in [9.17, 15) is 18.0 Å². The lowest BCUT2D eigenvalue weighted by Gasteiger charge is -2.23. The molecule has 1 N–H and O–H groups in total. The Kier molecular flexibility index (Phi) is 7.95. The van der Waals surface area contributed by atoms with E-state index in [4.69, 9.17) is 0 Å². The molecule has 1 aromatic heterocycles. The zero-order chi connectivity index (χ0) is 23.1. The molecule has 1 aromatic carbocycles. The number of Topliss-reactive ketones (excluding diaryl/α,β-unsaturated/α-hetero) is 1. The third kappa shape index (κ3) is 7.40. The Morgan fingerprint density at radius 1 is 1.16 bits per heavy atom. The summed E-state index contributed by atoms with van der Waals surface area (Å²) >= 11 is 0. The van der Waals surface area contributed by atoms with Crippen molar-refractivity contribution in [1.82, 2.24) is 9.97 Å². The quantitative estimate of drug-likeness (QED) is 0.520. The van der Waals surface area contributed by atoms with Gasteiger partial charge in [-0.05, 0) is 49.8 Å². The molecule has 3 rings (SSSR count). The van der Waals surface area contributed by atoms with Crippen molar-refractivity contribution >= 4 is 33.0 Å². The predicted molar refractivity (Wildman–Crippen MR) is 124 cm³/mol. The molecule has 1 fully saturated rings. The molecule has 1 saturated carbocycles. The van der Waals surface area contributed by atoms with E-state index in [0.29, 0.717) is 17.2 Å². The average molecular weight is 459 g/mol. The smallest absolute Gasteiger partial charge is 0.274 e. The monoisotopic (exact) mass is 458 g/mol. The molecule has 1 heterocycles. The highest BCUT2D eigenvalue weighted by Crippen LogP contribution is 2.31. The highest BCUT2D eigenvalue weighted by atomic mass is 32.2. The van der Waals surface area contributed by atoms with Crippen LogP contribution in [-0.4, -0.2) is 48.9 Å². The van der Waals surface area contributed by atoms with Gasteiger partial charge in [-0.25, -0.2) is 18.4 Å². The van der Waals surface area contributed by atoms with Crippen LogP contribution in [0.25, 0.3) is 0 Å². The topological polar surface area (TPSA) is 109 Å². The van der Waals surface area contributed by atoms with E-state index in [1.165, 1.54) is 26.1 Å². The minimum absolute atomic E-state index is 0.0216. The van der Waals surface area contributed by atoms with Gasteiger partial charge >= 0.3 is 0 Å². The molecule has 0 unspecified atom stereocenters. The first-order chi connectivity index (χ1) is 15.3. The van der Waals surface area contributed by atoms with Crippen LogP contribution < -0.4 is 10.2 Å². The highest BCUT2D eigenvalue weighted by molar-refractivity contribution is 7.90. The van der Waals surface area contributed by atoms with Crippen molar-refractivity contribution < 1.29 is 18.0 Å². The third-order valence-electron chi connectivity index (χ3n) is 5.24. The molecule has 0 spiro atoms. The molecule has 0 bridgehead atoms. The largest absolute Gasteiger partial charge is 0.356 e. The molecule has 0 atom stereocenters. The molecular formula is C23H30N4O4S. The van der Waals surface area contributed by atoms with E-state index in [-0.39, 0.29) is 35.3 Å². The molecule has 1 amide bonds. The summed E-state index contributed by atoms with van der Waals surface area (Å²) in [4.78, 5) is 34.4. The molecule has 0 saturated heterocycles. The van der Waals surface area contributed by atoms with E-state index in [0.717, 1.165) is 25.3 Å². The molecule has 0 radical (unpaired) electrons. The molecule has 0 aliphatic heterocycles. The van der Waals surface area contributed by atoms with Crippen molar-refractivity contribution in [3.63, 3.8) is 0 Å². The van der Waals surface area contributed by atoms with Gasteiger partial charge in [-0.1, -0.05) is 19.1 Å². The maximum atomic E-state index is 12.7. The Bertz CT molecular complexity index is 1050. The Hall–Kier alpha value is -2.81. The van der Waals surface area contributed by atoms with Crippen molar-refractivity contribution in [1.29, 1.82) is 0 Å². The second-order valence-electron chi connectivity index (χ2n) is 8.35. The van der Waals surface area contributed by atoms with E-state index in [2.05, 4.69) is 27.1 Å². The van der Waals surface area contributed by atoms with E-state index in [1.54, 1.807) is 30.3 Å². The number of hydrogen-bond donors (Lipinski definition) is 1. The van der Waals surface area contributed by atoms with E-state index >= 15 is 0 Å². The Morgan fingerprint density at radius 2 is 1.88 bits per heavy atom. The lowest BCUT2D eigenvalue weighted by molar-refractivity contribution is -0.116. The minimum Gasteiger partial charge on any atom is -0.356 e. The first kappa shape index (κ1) is 23.8. The average Bonchev–Trinajstić information content (AvgIpc) is 3.57. The molecule has 1 aliphatic carbocycles. The Labute approximate surface area is 189 Å². The molecule has 9 heteroatoms. The number of amides is 1. The number of hydrogen-bond acceptors (Lipinski definition) is 7. The van der Waals surface area contributed by atoms with Gasteiger partial charge in [0.1, 0.15) is 23.6 Å². The number of benzene rings is 1. The van der Waals surface area contributed by atoms with Crippen LogP contribution in [0.2, 0.25) is 0 Å². The van der Waals surface area contributed by atoms with Gasteiger partial charge in [-0.15, -0.1) is 0 Å². The van der Waals surface area contributed by atoms with Crippen LogP contribution in [0.15, 0.2) is 36.7 Å². The van der Waals surface area contributed by atoms with E-state index in [1.807, 2.05) is 0 Å². The Morgan fingerprint density at radius 3 is 2.50 bits per heavy atom. The number of anilines is 2. The first-order valence-corrected chi connectivity index (χ1v) is 12.7. The zero-order valence-corrected chi connectivity index (χ0v) is 19.4. The van der Waals surface area contributed by atoms with Crippen LogP contribution >= 0.6 is 0 Å². The van der Waals surface area contributed by atoms with Crippen LogP contribution in [-0.2, 0) is 20.4 Å². The lowest BCUT2D eigenvalue weighted by atomic mass is 10.2. The molecule has 32 heavy (non-hydrogen) atoms. The van der Waals surface area contributed by atoms with Gasteiger partial charge in [-0.3, -0.25) is 9.59 Å². The normalized spacial score (nSPS) is 13.6. The van der Waals surface area contributed by atoms with Gasteiger partial charge in [0.2, 0.25) is 0 Å². The maximum Gasteiger partial charge on any atom is 0.274 e. The van der Waals surface area contributed by atoms with Gasteiger partial charge in [0.15, 0.2) is 9.84 Å². The summed E-state index contributed by atoms with van der Waals surface area (Å²) in [5, 5.41) is 2.80. The fourth-order valence-electron chi connectivity index (χ4n) is 3.33. The summed E-state index contributed by atoms with van der Waals surface area (Å²) in [5.41, 5.74) is 1.43. The van der Waals surface area contributed by atoms with Crippen molar-refractivity contribution in [3.8, 4) is 0 Å². The van der Waals surface area contributed by atoms with Crippen LogP contribution in [0, 0.1) is 5.92 Å². The van der Waals surface area contributed by atoms with Crippen molar-refractivity contribution in [2.24, 2.45) is 5.92 Å². The standard InChI is InChI=1S/C23H30N4O4S/c1-3-11-27(14-18-4-5-18)22-13-21(24-16-25-22)23(29)26-20-8-6-19(7-9-20)15-32(30,31)12-10-17(2)28/h6-9,13,16,18H,3-5,10-12,14-15H2,1-2H3,(H,26,29). The van der Waals surface area contributed by atoms with Gasteiger partial charge in [-0.2, -0.15) is 0 Å². The number of nitrogens with zero attached hydrogens (tertiary/aromatic N) is 3. The van der Waals surface area contributed by atoms with Gasteiger partial charge in [0, 0.05) is 31.3 Å². The summed E-state index contributed by atoms with van der Waals surface area (Å²) in [6.45, 7) is 5.32. The maximum absolute atomic E-state index is 12.7. The first-order valence-electron chi connectivity index (χ1n) is 10.9. The number of ketones is 1. The number of sulfone groups is 1. The fourth-order valence-corrected chi connectivity index (χ4v) is 4.77. The van der Waals surface area contributed by atoms with Gasteiger partial charge in [0.05, 0.1) is 11.5 Å². The third-order valence-corrected chi connectivity index (χ3v) is 6.84. The zero-order valence-electron chi connectivity index (χ0n) is 18.6. The van der Waals surface area contributed by atoms with Crippen molar-refractivity contribution in [2.45, 2.75) is 45.3 Å². The summed E-state index contributed by atoms with van der Waals surface area (Å²) in [5.74, 6) is 0.664. The van der Waals surface area contributed by atoms with Gasteiger partial charge in [0.25, 0.3) is 5.91 Å². The summed E-state index contributed by atoms with van der Waals surface area (Å²) in [6, 6.07) is 8.35. The number of carbonyl (C=O) groups is 2. The molecule has 2 aromatic rings. The summed E-state index contributed by atoms with van der Waals surface area (Å²) in [6.07, 6.45) is 4.91. The van der Waals surface area contributed by atoms with Crippen LogP contribution in [0.5, 0.6) is 0 Å². The lowest BCUT2D eigenvalue weighted by Crippen LogP contribution is -2.28. The Balaban J connectivity index is 1.62.